The maximum atomic E-state index is 10.2. The van der Waals surface area contributed by atoms with Gasteiger partial charge < -0.3 is 70.4 Å². The first-order chi connectivity index (χ1) is 45.3. The number of carbonyl (C=O) groups excluding carboxylic acids is 6. The zero-order valence-electron chi connectivity index (χ0n) is 50.6. The third-order valence-electron chi connectivity index (χ3n) is 12.2. The minimum absolute atomic E-state index is 0. The van der Waals surface area contributed by atoms with E-state index in [0.717, 1.165) is 43.6 Å². The van der Waals surface area contributed by atoms with Crippen LogP contribution in [-0.4, -0.2) is 55.8 Å². The van der Waals surface area contributed by atoms with E-state index in [0.29, 0.717) is 33.4 Å². The molecule has 12 aromatic rings. The van der Waals surface area contributed by atoms with Crippen LogP contribution < -0.4 is 30.6 Å². The topological polar surface area (TPSA) is 501 Å². The van der Waals surface area contributed by atoms with Crippen LogP contribution in [-0.2, 0) is 11.0 Å². The first-order valence-corrected chi connectivity index (χ1v) is 26.8. The summed E-state index contributed by atoms with van der Waals surface area (Å²) in [5.74, 6) is -7.36. The number of aromatic nitrogens is 4. The maximum Gasteiger partial charge on any atom is 3.00 e. The van der Waals surface area contributed by atoms with Gasteiger partial charge in [-0.1, -0.05) is 121 Å². The van der Waals surface area contributed by atoms with Gasteiger partial charge in [0.05, 0.1) is 128 Å². The van der Waals surface area contributed by atoms with Gasteiger partial charge in [0.1, 0.15) is 0 Å². The van der Waals surface area contributed by atoms with Gasteiger partial charge in [0.25, 0.3) is 0 Å². The van der Waals surface area contributed by atoms with Crippen LogP contribution in [0.1, 0.15) is 95.5 Å². The predicted octanol–water partition coefficient (Wildman–Crippen LogP) is 3.25. The molecule has 26 heteroatoms. The Balaban J connectivity index is 0.000000558. The molecule has 2 radical (unpaired) electrons. The number of benzene rings is 8. The third-order valence-corrected chi connectivity index (χ3v) is 12.2. The molecule has 8 aromatic carbocycles. The number of nitrogens with zero attached hydrogens (tertiary/aromatic N) is 10. The van der Waals surface area contributed by atoms with Gasteiger partial charge in [-0.15, -0.1) is 0 Å². The van der Waals surface area contributed by atoms with Crippen molar-refractivity contribution in [3.8, 4) is 36.4 Å². The number of fused-ring (bicyclic) bond motifs is 6. The molecular formula is C72H46N10Nd2O14+2. The largest absolute Gasteiger partial charge is 3.00 e. The maximum absolute atomic E-state index is 10.2. The van der Waals surface area contributed by atoms with Crippen LogP contribution in [0.3, 0.4) is 0 Å². The summed E-state index contributed by atoms with van der Waals surface area (Å²) in [5, 5.41) is 116. The summed E-state index contributed by atoms with van der Waals surface area (Å²) in [6.07, 6.45) is 7.21. The quantitative estimate of drug-likeness (QED) is 0.170. The van der Waals surface area contributed by atoms with Crippen molar-refractivity contribution < 1.29 is 152 Å². The Hall–Kier alpha value is -12.2. The monoisotopic (exact) mass is 1560 g/mol. The van der Waals surface area contributed by atoms with Crippen molar-refractivity contribution in [2.75, 3.05) is 0 Å². The van der Waals surface area contributed by atoms with Crippen LogP contribution in [0.15, 0.2) is 243 Å². The van der Waals surface area contributed by atoms with Crippen molar-refractivity contribution in [2.24, 2.45) is 0 Å². The first kappa shape index (κ1) is 83.8. The molecule has 0 bridgehead atoms. The summed E-state index contributed by atoms with van der Waals surface area (Å²) < 4.78 is 0. The number of carboxylic acids is 6. The van der Waals surface area contributed by atoms with E-state index in [9.17, 15) is 59.4 Å². The number of carboxylic acid groups (broad SMARTS) is 6. The normalized spacial score (nSPS) is 8.92. The van der Waals surface area contributed by atoms with Crippen LogP contribution >= 0.6 is 0 Å². The Bertz CT molecular complexity index is 4190. The number of hydrogen-bond donors (Lipinski definition) is 0. The van der Waals surface area contributed by atoms with Gasteiger partial charge in [0.2, 0.25) is 0 Å². The standard InChI is InChI=1S/2C12H8N2.6C8H5NO2.2Nd.2H2O/c2*1-3-9-5-6-10-4-2-8-14-12(10)11(9)13-7-1;6*9-5-6-1-3-7(4-2-6)8(10)11;;;;/h2*1-8H;6*1-4H,(H,10,11);;;2*1H2/q;;;;;;;;2*+3;;/p-4. The molecule has 474 valence electrons. The van der Waals surface area contributed by atoms with E-state index in [2.05, 4.69) is 68.5 Å². The van der Waals surface area contributed by atoms with Gasteiger partial charge in [0, 0.05) is 46.3 Å². The van der Waals surface area contributed by atoms with E-state index in [1.807, 2.05) is 60.7 Å². The predicted molar refractivity (Wildman–Crippen MR) is 337 cm³/mol. The van der Waals surface area contributed by atoms with Crippen LogP contribution in [0.25, 0.3) is 43.6 Å². The Kier molecular flexibility index (Phi) is 38.0. The second-order valence-electron chi connectivity index (χ2n) is 18.3. The molecule has 24 nitrogen and oxygen atoms in total. The van der Waals surface area contributed by atoms with E-state index >= 15 is 0 Å². The number of hydrogen-bond acceptors (Lipinski definition) is 22. The smallest absolute Gasteiger partial charge is 0.545 e. The molecule has 4 aromatic heterocycles. The van der Waals surface area contributed by atoms with Crippen LogP contribution in [0.2, 0.25) is 0 Å². The fraction of sp³-hybridized carbons (Fsp3) is 0. The molecule has 0 aliphatic carbocycles. The second kappa shape index (κ2) is 44.4. The van der Waals surface area contributed by atoms with Crippen LogP contribution in [0.4, 0.5) is 0 Å². The first-order valence-electron chi connectivity index (χ1n) is 26.8. The van der Waals surface area contributed by atoms with E-state index < -0.39 is 35.8 Å². The number of pyridine rings is 4. The van der Waals surface area contributed by atoms with Gasteiger partial charge in [-0.05, 0) is 130 Å². The molecule has 0 fully saturated rings. The molecule has 4 heterocycles. The molecule has 0 spiro atoms. The minimum atomic E-state index is -1.23. The van der Waals surface area contributed by atoms with Crippen molar-refractivity contribution in [1.29, 1.82) is 31.6 Å². The molecular weight excluding hydrogens is 1520 g/mol. The van der Waals surface area contributed by atoms with Gasteiger partial charge in [-0.2, -0.15) is 31.6 Å². The Morgan fingerprint density at radius 2 is 0.367 bits per heavy atom. The van der Waals surface area contributed by atoms with Crippen molar-refractivity contribution in [2.45, 2.75) is 0 Å². The van der Waals surface area contributed by atoms with Crippen molar-refractivity contribution in [3.63, 3.8) is 0 Å². The van der Waals surface area contributed by atoms with Crippen LogP contribution in [0.5, 0.6) is 0 Å². The summed E-state index contributed by atoms with van der Waals surface area (Å²) in [6, 6.07) is 68.9. The molecule has 0 saturated heterocycles. The number of rotatable bonds is 6. The van der Waals surface area contributed by atoms with E-state index in [4.69, 9.17) is 31.6 Å². The molecule has 12 rings (SSSR count). The second-order valence-corrected chi connectivity index (χ2v) is 18.3. The van der Waals surface area contributed by atoms with Crippen molar-refractivity contribution in [3.05, 3.63) is 310 Å². The molecule has 0 atom stereocenters. The number of carbonyl (C=O) groups is 6. The number of aromatic carboxylic acids is 6. The number of nitriles is 6. The average Bonchev–Trinajstić information content (AvgIpc) is 0.807. The molecule has 0 saturated carbocycles. The summed E-state index contributed by atoms with van der Waals surface area (Å²) in [5.41, 5.74) is 7.07. The summed E-state index contributed by atoms with van der Waals surface area (Å²) in [7, 11) is 0. The Labute approximate surface area is 623 Å². The summed E-state index contributed by atoms with van der Waals surface area (Å²) in [4.78, 5) is 78.6. The summed E-state index contributed by atoms with van der Waals surface area (Å²) >= 11 is 0. The van der Waals surface area contributed by atoms with Gasteiger partial charge in [-0.25, -0.2) is 0 Å². The zero-order valence-corrected chi connectivity index (χ0v) is 57.0. The van der Waals surface area contributed by atoms with Gasteiger partial charge >= 0.3 is 81.7 Å². The van der Waals surface area contributed by atoms with Crippen LogP contribution in [0, 0.1) is 150 Å². The molecule has 0 amide bonds. The average molecular weight is 1560 g/mol. The summed E-state index contributed by atoms with van der Waals surface area (Å²) in [6.45, 7) is 0. The molecule has 0 unspecified atom stereocenters. The Morgan fingerprint density at radius 3 is 0.480 bits per heavy atom. The zero-order chi connectivity index (χ0) is 68.4. The SMILES string of the molecule is N#Cc1ccc(C(=O)[O-])cc1.N#Cc1ccc(C(=O)[O-])cc1.N#Cc1ccc(C(=O)[O-])cc1.N#Cc1ccc(C(=O)[O-])cc1.N#Cc1ccc(C(=O)[O-])cc1.N#Cc1ccc(C(=O)[O-])cc1.[Nd+3].[Nd+3].[OH3+].[OH3+].c1cnc2c(c1)ccc1cccnc12.c1cnc2c(c1)ccc1cccnc12. The molecule has 98 heavy (non-hydrogen) atoms. The van der Waals surface area contributed by atoms with Crippen molar-refractivity contribution >= 4 is 79.4 Å². The van der Waals surface area contributed by atoms with Crippen molar-refractivity contribution in [1.82, 2.24) is 19.9 Å². The molecule has 6 N–H and O–H groups in total. The Morgan fingerprint density at radius 1 is 0.235 bits per heavy atom. The van der Waals surface area contributed by atoms with Gasteiger partial charge in [-0.3, -0.25) is 19.9 Å². The fourth-order valence-corrected chi connectivity index (χ4v) is 7.44. The third kappa shape index (κ3) is 27.0. The minimum Gasteiger partial charge on any atom is -0.545 e. The fourth-order valence-electron chi connectivity index (χ4n) is 7.44. The molecule has 0 aliphatic heterocycles. The van der Waals surface area contributed by atoms with Gasteiger partial charge in [0.15, 0.2) is 0 Å². The van der Waals surface area contributed by atoms with E-state index in [-0.39, 0.29) is 126 Å². The van der Waals surface area contributed by atoms with E-state index in [1.165, 1.54) is 146 Å². The van der Waals surface area contributed by atoms with E-state index in [1.54, 1.807) is 24.8 Å². The molecule has 0 aliphatic rings.